The van der Waals surface area contributed by atoms with Gasteiger partial charge >= 0.3 is 0 Å². The average Bonchev–Trinajstić information content (AvgIpc) is 3.12. The molecule has 2 aromatic heterocycles. The molecule has 0 spiro atoms. The number of nitrogens with zero attached hydrogens (tertiary/aromatic N) is 5. The van der Waals surface area contributed by atoms with Crippen molar-refractivity contribution >= 4 is 33.8 Å². The summed E-state index contributed by atoms with van der Waals surface area (Å²) in [5.41, 5.74) is 15.7. The van der Waals surface area contributed by atoms with Gasteiger partial charge in [-0.25, -0.2) is 9.97 Å². The maximum atomic E-state index is 14.0. The van der Waals surface area contributed by atoms with Crippen molar-refractivity contribution in [3.8, 4) is 6.07 Å². The van der Waals surface area contributed by atoms with Crippen LogP contribution in [0.2, 0.25) is 0 Å². The normalized spacial score (nSPS) is 21.5. The molecule has 2 fully saturated rings. The molecule has 3 aliphatic rings. The first-order chi connectivity index (χ1) is 19.0. The van der Waals surface area contributed by atoms with Crippen molar-refractivity contribution in [1.29, 1.82) is 5.26 Å². The number of anilines is 2. The number of thiophene rings is 1. The van der Waals surface area contributed by atoms with Crippen LogP contribution >= 0.6 is 11.3 Å². The summed E-state index contributed by atoms with van der Waals surface area (Å²) < 4.78 is 5.55. The summed E-state index contributed by atoms with van der Waals surface area (Å²) >= 11 is 1.44. The van der Waals surface area contributed by atoms with Crippen LogP contribution in [-0.4, -0.2) is 66.1 Å². The lowest BCUT2D eigenvalue weighted by Gasteiger charge is -2.33. The fraction of sp³-hybridized carbons (Fsp3) is 0.586. The molecule has 1 atom stereocenters. The first kappa shape index (κ1) is 27.6. The number of nitrogen functional groups attached to an aromatic ring is 1. The fourth-order valence-corrected chi connectivity index (χ4v) is 7.39. The third-order valence-corrected chi connectivity index (χ3v) is 9.38. The topological polar surface area (TPSA) is 134 Å². The third kappa shape index (κ3) is 5.81. The highest BCUT2D eigenvalue weighted by molar-refractivity contribution is 7.16. The number of hydrogen-bond donors (Lipinski definition) is 2. The molecule has 2 saturated heterocycles. The average molecular weight is 550 g/mol. The molecule has 2 aromatic rings. The van der Waals surface area contributed by atoms with Crippen LogP contribution in [-0.2, 0) is 16.0 Å². The lowest BCUT2D eigenvalue weighted by molar-refractivity contribution is -0.117. The van der Waals surface area contributed by atoms with Crippen molar-refractivity contribution in [2.45, 2.75) is 70.3 Å². The number of aromatic nitrogens is 2. The monoisotopic (exact) mass is 549 g/mol. The van der Waals surface area contributed by atoms with E-state index in [2.05, 4.69) is 20.9 Å². The Hall–Kier alpha value is -3.00. The van der Waals surface area contributed by atoms with Gasteiger partial charge in [-0.2, -0.15) is 5.26 Å². The Bertz CT molecular complexity index is 1260. The zero-order chi connectivity index (χ0) is 27.4. The number of nitrogens with two attached hydrogens (primary N) is 2. The van der Waals surface area contributed by atoms with E-state index in [9.17, 15) is 10.1 Å². The fourth-order valence-electron chi connectivity index (χ4n) is 6.26. The van der Waals surface area contributed by atoms with Gasteiger partial charge in [0.15, 0.2) is 5.78 Å². The zero-order valence-electron chi connectivity index (χ0n) is 22.8. The molecule has 208 valence electrons. The Morgan fingerprint density at radius 3 is 2.79 bits per heavy atom. The van der Waals surface area contributed by atoms with E-state index in [1.807, 2.05) is 6.92 Å². The molecule has 0 unspecified atom stereocenters. The quantitative estimate of drug-likeness (QED) is 0.494. The standard InChI is InChI=1S/C29H39N7O2S/c1-2-5-21(27(37)20-6-3-7-24-25(20)22(18-30)28(32)39-24)26(31)23-8-11-33-29(34-23)36-13-4-12-35(14-15-36)19-9-16-38-17-10-19/h8,11,19-20H,2-7,9-10,12-17,31-32H2,1H3/t20-/m0/s1. The summed E-state index contributed by atoms with van der Waals surface area (Å²) in [4.78, 5) is 29.3. The molecule has 39 heavy (non-hydrogen) atoms. The number of aryl methyl sites for hydroxylation is 1. The third-order valence-electron chi connectivity index (χ3n) is 8.28. The second kappa shape index (κ2) is 12.5. The number of rotatable bonds is 7. The smallest absolute Gasteiger partial charge is 0.225 e. The van der Waals surface area contributed by atoms with Crippen LogP contribution in [0.4, 0.5) is 10.9 Å². The lowest BCUT2D eigenvalue weighted by atomic mass is 9.79. The van der Waals surface area contributed by atoms with E-state index in [1.165, 1.54) is 11.3 Å². The van der Waals surface area contributed by atoms with Crippen LogP contribution < -0.4 is 16.4 Å². The molecule has 0 aromatic carbocycles. The minimum absolute atomic E-state index is 0.00774. The molecule has 4 N–H and O–H groups in total. The Morgan fingerprint density at radius 2 is 2.03 bits per heavy atom. The highest BCUT2D eigenvalue weighted by Crippen LogP contribution is 2.44. The van der Waals surface area contributed by atoms with Gasteiger partial charge < -0.3 is 21.1 Å². The Balaban J connectivity index is 1.39. The molecule has 9 nitrogen and oxygen atoms in total. The summed E-state index contributed by atoms with van der Waals surface area (Å²) in [6, 6.07) is 4.63. The van der Waals surface area contributed by atoms with E-state index in [1.54, 1.807) is 12.3 Å². The van der Waals surface area contributed by atoms with Gasteiger partial charge in [0, 0.05) is 68.0 Å². The second-order valence-corrected chi connectivity index (χ2v) is 11.8. The molecule has 5 rings (SSSR count). The number of carbonyl (C=O) groups is 1. The second-order valence-electron chi connectivity index (χ2n) is 10.7. The van der Waals surface area contributed by atoms with Gasteiger partial charge in [-0.05, 0) is 56.6 Å². The Labute approximate surface area is 234 Å². The van der Waals surface area contributed by atoms with Crippen LogP contribution in [0.15, 0.2) is 17.8 Å². The number of carbonyl (C=O) groups excluding carboxylic acids is 1. The number of fused-ring (bicyclic) bond motifs is 1. The van der Waals surface area contributed by atoms with Crippen molar-refractivity contribution in [1.82, 2.24) is 14.9 Å². The minimum Gasteiger partial charge on any atom is -0.397 e. The molecule has 4 heterocycles. The van der Waals surface area contributed by atoms with E-state index in [4.69, 9.17) is 21.2 Å². The van der Waals surface area contributed by atoms with E-state index in [0.29, 0.717) is 52.4 Å². The zero-order valence-corrected chi connectivity index (χ0v) is 23.6. The number of ether oxygens (including phenoxy) is 1. The number of ketones is 1. The van der Waals surface area contributed by atoms with Crippen LogP contribution in [0, 0.1) is 11.3 Å². The van der Waals surface area contributed by atoms with Gasteiger partial charge in [0.1, 0.15) is 11.1 Å². The highest BCUT2D eigenvalue weighted by atomic mass is 32.1. The summed E-state index contributed by atoms with van der Waals surface area (Å²) in [5, 5.41) is 10.3. The van der Waals surface area contributed by atoms with Crippen molar-refractivity contribution in [3.63, 3.8) is 0 Å². The molecule has 1 aliphatic carbocycles. The van der Waals surface area contributed by atoms with Gasteiger partial charge in [0.25, 0.3) is 0 Å². The maximum absolute atomic E-state index is 14.0. The van der Waals surface area contributed by atoms with Crippen LogP contribution in [0.1, 0.15) is 79.5 Å². The highest BCUT2D eigenvalue weighted by Gasteiger charge is 2.34. The predicted octanol–water partition coefficient (Wildman–Crippen LogP) is 3.84. The first-order valence-electron chi connectivity index (χ1n) is 14.3. The van der Waals surface area contributed by atoms with E-state index in [0.717, 1.165) is 88.4 Å². The molecule has 0 amide bonds. The van der Waals surface area contributed by atoms with Gasteiger partial charge in [0.2, 0.25) is 5.95 Å². The largest absolute Gasteiger partial charge is 0.397 e. The number of hydrogen-bond acceptors (Lipinski definition) is 10. The first-order valence-corrected chi connectivity index (χ1v) is 15.1. The van der Waals surface area contributed by atoms with Crippen LogP contribution in [0.5, 0.6) is 0 Å². The van der Waals surface area contributed by atoms with E-state index >= 15 is 0 Å². The summed E-state index contributed by atoms with van der Waals surface area (Å²) in [6.07, 6.45) is 8.77. The van der Waals surface area contributed by atoms with Gasteiger partial charge in [0.05, 0.1) is 17.0 Å². The minimum atomic E-state index is -0.389. The van der Waals surface area contributed by atoms with Crippen molar-refractivity contribution < 1.29 is 9.53 Å². The van der Waals surface area contributed by atoms with Crippen LogP contribution in [0.25, 0.3) is 5.70 Å². The number of nitriles is 1. The van der Waals surface area contributed by atoms with Crippen molar-refractivity contribution in [3.05, 3.63) is 39.5 Å². The summed E-state index contributed by atoms with van der Waals surface area (Å²) in [6.45, 7) is 7.52. The Kier molecular flexibility index (Phi) is 8.80. The van der Waals surface area contributed by atoms with Gasteiger partial charge in [-0.1, -0.05) is 13.3 Å². The van der Waals surface area contributed by atoms with Crippen LogP contribution in [0.3, 0.4) is 0 Å². The molecule has 10 heteroatoms. The molecular formula is C29H39N7O2S. The molecular weight excluding hydrogens is 510 g/mol. The molecule has 0 radical (unpaired) electrons. The Morgan fingerprint density at radius 1 is 1.21 bits per heavy atom. The van der Waals surface area contributed by atoms with Gasteiger partial charge in [-0.3, -0.25) is 9.69 Å². The van der Waals surface area contributed by atoms with Crippen molar-refractivity contribution in [2.75, 3.05) is 50.0 Å². The van der Waals surface area contributed by atoms with Gasteiger partial charge in [-0.15, -0.1) is 11.3 Å². The summed E-state index contributed by atoms with van der Waals surface area (Å²) in [7, 11) is 0. The predicted molar refractivity (Wildman–Crippen MR) is 154 cm³/mol. The lowest BCUT2D eigenvalue weighted by Crippen LogP contribution is -2.41. The van der Waals surface area contributed by atoms with Crippen molar-refractivity contribution in [2.24, 2.45) is 5.73 Å². The SMILES string of the molecule is CCCC(C(=O)[C@H]1CCCc2sc(N)c(C#N)c21)=C(N)c1ccnc(N2CCCN(C3CCOCC3)CC2)n1. The number of allylic oxidation sites excluding steroid dienone is 1. The van der Waals surface area contributed by atoms with E-state index < -0.39 is 0 Å². The molecule has 2 aliphatic heterocycles. The number of Topliss-reactive ketones (excluding diaryl/α,β-unsaturated/α-hetero) is 1. The maximum Gasteiger partial charge on any atom is 0.225 e. The molecule has 0 saturated carbocycles. The molecule has 0 bridgehead atoms. The summed E-state index contributed by atoms with van der Waals surface area (Å²) in [5.74, 6) is 0.261. The van der Waals surface area contributed by atoms with E-state index in [-0.39, 0.29) is 11.7 Å².